The third kappa shape index (κ3) is 26.2. The SMILES string of the molecule is C=O.O=C(O)CCC(=O)O.[H-].[Na+]. The zero-order valence-electron chi connectivity index (χ0n) is 7.24. The summed E-state index contributed by atoms with van der Waals surface area (Å²) >= 11 is 0. The minimum absolute atomic E-state index is 0. The molecule has 0 rings (SSSR count). The largest absolute Gasteiger partial charge is 1.00 e. The van der Waals surface area contributed by atoms with Crippen LogP contribution < -0.4 is 29.6 Å². The molecule has 0 saturated heterocycles. The molecule has 0 spiro atoms. The zero-order chi connectivity index (χ0) is 8.57. The van der Waals surface area contributed by atoms with Crippen LogP contribution in [0.25, 0.3) is 0 Å². The summed E-state index contributed by atoms with van der Waals surface area (Å²) in [5, 5.41) is 15.8. The number of carboxylic acid groups (broad SMARTS) is 2. The minimum Gasteiger partial charge on any atom is -1.00 e. The fraction of sp³-hybridized carbons (Fsp3) is 0.400. The molecule has 0 heterocycles. The van der Waals surface area contributed by atoms with Crippen LogP contribution in [0.15, 0.2) is 0 Å². The van der Waals surface area contributed by atoms with Gasteiger partial charge in [-0.15, -0.1) is 0 Å². The van der Waals surface area contributed by atoms with Crippen LogP contribution >= 0.6 is 0 Å². The Balaban J connectivity index is -0.0000000740. The average molecular weight is 172 g/mol. The third-order valence-electron chi connectivity index (χ3n) is 0.553. The summed E-state index contributed by atoms with van der Waals surface area (Å²) in [5.74, 6) is -2.15. The van der Waals surface area contributed by atoms with Crippen LogP contribution in [0.1, 0.15) is 14.3 Å². The molecule has 0 amide bonds. The molecule has 6 heteroatoms. The molecular formula is C5H9NaO5. The fourth-order valence-electron chi connectivity index (χ4n) is 0.214. The number of carboxylic acids is 2. The number of hydrogen-bond donors (Lipinski definition) is 2. The van der Waals surface area contributed by atoms with Crippen molar-refractivity contribution in [3.8, 4) is 0 Å². The summed E-state index contributed by atoms with van der Waals surface area (Å²) in [6, 6.07) is 0. The second-order valence-corrected chi connectivity index (χ2v) is 1.29. The van der Waals surface area contributed by atoms with Gasteiger partial charge in [-0.05, 0) is 0 Å². The van der Waals surface area contributed by atoms with E-state index < -0.39 is 11.9 Å². The number of carbonyl (C=O) groups is 3. The molecule has 0 bridgehead atoms. The second-order valence-electron chi connectivity index (χ2n) is 1.29. The number of rotatable bonds is 3. The van der Waals surface area contributed by atoms with E-state index in [4.69, 9.17) is 15.0 Å². The molecule has 0 aromatic heterocycles. The van der Waals surface area contributed by atoms with Crippen LogP contribution in [0.3, 0.4) is 0 Å². The first-order chi connectivity index (χ1) is 4.63. The number of aliphatic carboxylic acids is 2. The van der Waals surface area contributed by atoms with Crippen molar-refractivity contribution < 1.29 is 55.6 Å². The molecule has 11 heavy (non-hydrogen) atoms. The van der Waals surface area contributed by atoms with Crippen LogP contribution in [0.2, 0.25) is 0 Å². The predicted octanol–water partition coefficient (Wildman–Crippen LogP) is -3.13. The Morgan fingerprint density at radius 3 is 1.36 bits per heavy atom. The average Bonchev–Trinajstić information content (AvgIpc) is 1.89. The quantitative estimate of drug-likeness (QED) is 0.439. The summed E-state index contributed by atoms with van der Waals surface area (Å²) in [5.41, 5.74) is 0. The van der Waals surface area contributed by atoms with Crippen molar-refractivity contribution in [2.75, 3.05) is 0 Å². The van der Waals surface area contributed by atoms with Crippen LogP contribution in [-0.2, 0) is 14.4 Å². The molecule has 60 valence electrons. The monoisotopic (exact) mass is 172 g/mol. The maximum Gasteiger partial charge on any atom is 1.00 e. The summed E-state index contributed by atoms with van der Waals surface area (Å²) in [6.45, 7) is 2.00. The zero-order valence-corrected chi connectivity index (χ0v) is 8.24. The Morgan fingerprint density at radius 1 is 1.09 bits per heavy atom. The van der Waals surface area contributed by atoms with E-state index in [0.29, 0.717) is 0 Å². The van der Waals surface area contributed by atoms with Crippen molar-refractivity contribution in [3.05, 3.63) is 0 Å². The molecule has 2 N–H and O–H groups in total. The molecule has 0 aliphatic rings. The van der Waals surface area contributed by atoms with Gasteiger partial charge in [0.15, 0.2) is 0 Å². The van der Waals surface area contributed by atoms with E-state index in [-0.39, 0.29) is 43.8 Å². The molecule has 0 radical (unpaired) electrons. The fourth-order valence-corrected chi connectivity index (χ4v) is 0.214. The van der Waals surface area contributed by atoms with E-state index >= 15 is 0 Å². The Labute approximate surface area is 87.2 Å². The van der Waals surface area contributed by atoms with Gasteiger partial charge in [-0.25, -0.2) is 0 Å². The standard InChI is InChI=1S/C4H6O4.CH2O.Na.H/c5-3(6)1-2-4(7)8;1-2;;/h1-2H2,(H,5,6)(H,7,8);1H2;;/q;;+1;-1. The van der Waals surface area contributed by atoms with E-state index in [1.165, 1.54) is 0 Å². The van der Waals surface area contributed by atoms with Gasteiger partial charge in [0.1, 0.15) is 6.79 Å². The maximum atomic E-state index is 9.64. The molecule has 0 aliphatic heterocycles. The van der Waals surface area contributed by atoms with Gasteiger partial charge in [-0.2, -0.15) is 0 Å². The van der Waals surface area contributed by atoms with Crippen molar-refractivity contribution in [1.29, 1.82) is 0 Å². The summed E-state index contributed by atoms with van der Waals surface area (Å²) in [7, 11) is 0. The molecule has 0 saturated carbocycles. The van der Waals surface area contributed by atoms with E-state index in [1.54, 1.807) is 0 Å². The molecule has 0 atom stereocenters. The predicted molar refractivity (Wildman–Crippen MR) is 32.7 cm³/mol. The molecular weight excluding hydrogens is 163 g/mol. The van der Waals surface area contributed by atoms with Gasteiger partial charge in [-0.1, -0.05) is 0 Å². The second kappa shape index (κ2) is 12.3. The van der Waals surface area contributed by atoms with Gasteiger partial charge in [0, 0.05) is 0 Å². The maximum absolute atomic E-state index is 9.64. The van der Waals surface area contributed by atoms with Crippen LogP contribution in [0, 0.1) is 0 Å². The van der Waals surface area contributed by atoms with E-state index in [9.17, 15) is 9.59 Å². The Morgan fingerprint density at radius 2 is 1.27 bits per heavy atom. The molecule has 0 unspecified atom stereocenters. The minimum atomic E-state index is -1.08. The number of carbonyl (C=O) groups excluding carboxylic acids is 1. The van der Waals surface area contributed by atoms with E-state index in [0.717, 1.165) is 0 Å². The number of hydrogen-bond acceptors (Lipinski definition) is 3. The molecule has 0 aliphatic carbocycles. The topological polar surface area (TPSA) is 91.7 Å². The first kappa shape index (κ1) is 16.9. The summed E-state index contributed by atoms with van der Waals surface area (Å²) in [6.07, 6.45) is -0.593. The Kier molecular flexibility index (Phi) is 18.9. The first-order valence-corrected chi connectivity index (χ1v) is 2.35. The molecule has 0 fully saturated rings. The molecule has 0 aromatic rings. The Bertz CT molecular complexity index is 115. The van der Waals surface area contributed by atoms with Crippen LogP contribution in [-0.4, -0.2) is 28.9 Å². The smallest absolute Gasteiger partial charge is 1.00 e. The molecule has 5 nitrogen and oxygen atoms in total. The van der Waals surface area contributed by atoms with Crippen molar-refractivity contribution in [2.24, 2.45) is 0 Å². The first-order valence-electron chi connectivity index (χ1n) is 2.35. The summed E-state index contributed by atoms with van der Waals surface area (Å²) in [4.78, 5) is 27.3. The van der Waals surface area contributed by atoms with E-state index in [1.807, 2.05) is 6.79 Å². The van der Waals surface area contributed by atoms with Gasteiger partial charge < -0.3 is 16.4 Å². The van der Waals surface area contributed by atoms with Gasteiger partial charge in [0.2, 0.25) is 0 Å². The third-order valence-corrected chi connectivity index (χ3v) is 0.553. The van der Waals surface area contributed by atoms with Crippen LogP contribution in [0.4, 0.5) is 0 Å². The van der Waals surface area contributed by atoms with Crippen molar-refractivity contribution in [1.82, 2.24) is 0 Å². The van der Waals surface area contributed by atoms with E-state index in [2.05, 4.69) is 0 Å². The van der Waals surface area contributed by atoms with Crippen molar-refractivity contribution in [2.45, 2.75) is 12.8 Å². The van der Waals surface area contributed by atoms with Crippen molar-refractivity contribution >= 4 is 18.7 Å². The van der Waals surface area contributed by atoms with Gasteiger partial charge in [-0.3, -0.25) is 9.59 Å². The van der Waals surface area contributed by atoms with Gasteiger partial charge >= 0.3 is 41.5 Å². The summed E-state index contributed by atoms with van der Waals surface area (Å²) < 4.78 is 0. The normalized spacial score (nSPS) is 6.55. The molecule has 0 aromatic carbocycles. The van der Waals surface area contributed by atoms with Crippen LogP contribution in [0.5, 0.6) is 0 Å². The Hall–Kier alpha value is -0.390. The van der Waals surface area contributed by atoms with Gasteiger partial charge in [0.05, 0.1) is 12.8 Å². The van der Waals surface area contributed by atoms with Gasteiger partial charge in [0.25, 0.3) is 0 Å². The van der Waals surface area contributed by atoms with Crippen molar-refractivity contribution in [3.63, 3.8) is 0 Å².